The molecule has 2 aliphatic carbocycles. The molecule has 4 aromatic heterocycles. The molecule has 17 heteroatoms. The molecule has 2 saturated carbocycles. The van der Waals surface area contributed by atoms with Gasteiger partial charge in [0.2, 0.25) is 0 Å². The van der Waals surface area contributed by atoms with Gasteiger partial charge < -0.3 is 44.6 Å². The molecule has 0 radical (unpaired) electrons. The highest BCUT2D eigenvalue weighted by atomic mass is 35.5. The smallest absolute Gasteiger partial charge is 0.271 e. The zero-order chi connectivity index (χ0) is 38.3. The van der Waals surface area contributed by atoms with E-state index in [-0.39, 0.29) is 40.7 Å². The number of nitrogens with two attached hydrogens (primary N) is 5. The first-order valence-corrected chi connectivity index (χ1v) is 18.3. The number of hydrogen-bond acceptors (Lipinski definition) is 14. The highest BCUT2D eigenvalue weighted by Crippen LogP contribution is 2.25. The molecule has 6 rings (SSSR count). The molecule has 0 aliphatic heterocycles. The SMILES string of the molecule is CCc1cccc(Nc2cc(Cl)nnc2C(N)=O)n1.CCc1cccc(Nc2cc(N[C@@H]3CCCC[C@@H]3N)nnc2C(N)=O)n1.N[C@@H]1CCCC[C@@H]1N. The molecule has 0 saturated heterocycles. The molecule has 0 aromatic carbocycles. The Morgan fingerprint density at radius 3 is 1.60 bits per heavy atom. The number of pyridine rings is 2. The molecule has 2 fully saturated rings. The van der Waals surface area contributed by atoms with Gasteiger partial charge in [-0.05, 0) is 62.8 Å². The van der Waals surface area contributed by atoms with Gasteiger partial charge in [0, 0.05) is 47.7 Å². The van der Waals surface area contributed by atoms with Gasteiger partial charge in [0.15, 0.2) is 22.4 Å². The Hall–Kier alpha value is -5.03. The van der Waals surface area contributed by atoms with E-state index in [0.29, 0.717) is 28.8 Å². The summed E-state index contributed by atoms with van der Waals surface area (Å²) in [5.41, 5.74) is 31.0. The van der Waals surface area contributed by atoms with Gasteiger partial charge >= 0.3 is 0 Å². The maximum atomic E-state index is 11.7. The molecule has 0 unspecified atom stereocenters. The molecule has 4 heterocycles. The van der Waals surface area contributed by atoms with Crippen LogP contribution in [-0.2, 0) is 12.8 Å². The number of carbonyl (C=O) groups is 2. The average Bonchev–Trinajstić information content (AvgIpc) is 3.14. The Labute approximate surface area is 314 Å². The number of halogens is 1. The fourth-order valence-electron chi connectivity index (χ4n) is 5.87. The molecule has 53 heavy (non-hydrogen) atoms. The first-order chi connectivity index (χ1) is 25.5. The minimum Gasteiger partial charge on any atom is -0.364 e. The van der Waals surface area contributed by atoms with Gasteiger partial charge in [-0.3, -0.25) is 9.59 Å². The number of amides is 2. The zero-order valence-electron chi connectivity index (χ0n) is 30.3. The summed E-state index contributed by atoms with van der Waals surface area (Å²) in [5, 5.41) is 24.9. The van der Waals surface area contributed by atoms with Gasteiger partial charge in [-0.25, -0.2) is 9.97 Å². The topological polar surface area (TPSA) is 278 Å². The van der Waals surface area contributed by atoms with Gasteiger partial charge in [-0.1, -0.05) is 63.3 Å². The van der Waals surface area contributed by atoms with Crippen molar-refractivity contribution < 1.29 is 9.59 Å². The lowest BCUT2D eigenvalue weighted by molar-refractivity contribution is 0.0987. The number of rotatable bonds is 10. The Morgan fingerprint density at radius 1 is 0.660 bits per heavy atom. The van der Waals surface area contributed by atoms with E-state index in [1.54, 1.807) is 12.1 Å². The molecule has 4 atom stereocenters. The van der Waals surface area contributed by atoms with E-state index < -0.39 is 11.8 Å². The summed E-state index contributed by atoms with van der Waals surface area (Å²) in [6.07, 6.45) is 10.7. The summed E-state index contributed by atoms with van der Waals surface area (Å²) in [7, 11) is 0. The number of anilines is 5. The Morgan fingerprint density at radius 2 is 1.13 bits per heavy atom. The maximum absolute atomic E-state index is 11.7. The second kappa shape index (κ2) is 20.3. The second-order valence-corrected chi connectivity index (χ2v) is 13.3. The quantitative estimate of drug-likeness (QED) is 0.113. The summed E-state index contributed by atoms with van der Waals surface area (Å²) in [6, 6.07) is 15.2. The number of nitrogens with zero attached hydrogens (tertiary/aromatic N) is 6. The van der Waals surface area contributed by atoms with Gasteiger partial charge in [0.1, 0.15) is 11.6 Å². The standard InChI is InChI=1S/C18H25N7O.C12H12ClN5O.C6H14N2/c1-2-11-6-5-9-15(21-11)23-14-10-16(24-25-17(14)18(20)26)22-13-8-4-3-7-12(13)19;1-2-7-4-3-5-10(15-7)16-8-6-9(13)17-18-11(8)12(14)19;7-5-3-1-2-4-6(5)8/h5-6,9-10,12-13H,2-4,7-8,19H2,1H3,(H2,20,26)(H2,21,22,23,24);3-6H,2H2,1H3,(H2,14,19)(H,15,16,17);5-6H,1-4,7-8H2/t12-,13+;;5-,6+/m0../s1. The number of hydrogen-bond donors (Lipinski definition) is 8. The molecule has 2 amide bonds. The van der Waals surface area contributed by atoms with Crippen molar-refractivity contribution in [3.8, 4) is 0 Å². The molecule has 284 valence electrons. The molecule has 16 nitrogen and oxygen atoms in total. The number of nitrogens with one attached hydrogen (secondary N) is 3. The Kier molecular flexibility index (Phi) is 15.6. The van der Waals surface area contributed by atoms with Crippen molar-refractivity contribution in [3.05, 3.63) is 76.5 Å². The van der Waals surface area contributed by atoms with Crippen LogP contribution in [0.1, 0.15) is 97.6 Å². The molecule has 13 N–H and O–H groups in total. The average molecular weight is 747 g/mol. The van der Waals surface area contributed by atoms with E-state index in [4.69, 9.17) is 40.3 Å². The van der Waals surface area contributed by atoms with Gasteiger partial charge in [-0.15, -0.1) is 20.4 Å². The summed E-state index contributed by atoms with van der Waals surface area (Å²) in [4.78, 5) is 31.8. The zero-order valence-corrected chi connectivity index (χ0v) is 31.0. The lowest BCUT2D eigenvalue weighted by atomic mass is 9.91. The van der Waals surface area contributed by atoms with Gasteiger partial charge in [0.05, 0.1) is 11.4 Å². The third-order valence-corrected chi connectivity index (χ3v) is 9.10. The fourth-order valence-corrected chi connectivity index (χ4v) is 6.02. The van der Waals surface area contributed by atoms with Crippen molar-refractivity contribution in [1.29, 1.82) is 0 Å². The summed E-state index contributed by atoms with van der Waals surface area (Å²) in [6.45, 7) is 4.04. The van der Waals surface area contributed by atoms with Crippen molar-refractivity contribution in [2.45, 2.75) is 102 Å². The first kappa shape index (κ1) is 40.7. The largest absolute Gasteiger partial charge is 0.364 e. The third kappa shape index (κ3) is 12.6. The van der Waals surface area contributed by atoms with Crippen LogP contribution in [0.15, 0.2) is 48.5 Å². The molecular formula is C36H51ClN14O2. The molecular weight excluding hydrogens is 696 g/mol. The molecule has 0 bridgehead atoms. The molecule has 2 aliphatic rings. The highest BCUT2D eigenvalue weighted by Gasteiger charge is 2.23. The van der Waals surface area contributed by atoms with Crippen LogP contribution in [-0.4, -0.2) is 66.3 Å². The van der Waals surface area contributed by atoms with Crippen LogP contribution in [0, 0.1) is 0 Å². The van der Waals surface area contributed by atoms with E-state index >= 15 is 0 Å². The molecule has 4 aromatic rings. The summed E-state index contributed by atoms with van der Waals surface area (Å²) >= 11 is 5.76. The normalized spacial score (nSPS) is 19.4. The predicted molar refractivity (Wildman–Crippen MR) is 208 cm³/mol. The lowest BCUT2D eigenvalue weighted by Gasteiger charge is -2.29. The first-order valence-electron chi connectivity index (χ1n) is 18.0. The van der Waals surface area contributed by atoms with Crippen LogP contribution < -0.4 is 44.6 Å². The number of carbonyl (C=O) groups excluding carboxylic acids is 2. The summed E-state index contributed by atoms with van der Waals surface area (Å²) in [5.74, 6) is 0.448. The number of aryl methyl sites for hydroxylation is 2. The minimum atomic E-state index is -0.682. The highest BCUT2D eigenvalue weighted by molar-refractivity contribution is 6.29. The van der Waals surface area contributed by atoms with Gasteiger partial charge in [-0.2, -0.15) is 0 Å². The fraction of sp³-hybridized carbons (Fsp3) is 0.444. The van der Waals surface area contributed by atoms with Gasteiger partial charge in [0.25, 0.3) is 11.8 Å². The van der Waals surface area contributed by atoms with Crippen molar-refractivity contribution in [2.24, 2.45) is 28.7 Å². The lowest BCUT2D eigenvalue weighted by Crippen LogP contribution is -2.43. The third-order valence-electron chi connectivity index (χ3n) is 8.92. The predicted octanol–water partition coefficient (Wildman–Crippen LogP) is 4.10. The van der Waals surface area contributed by atoms with E-state index in [9.17, 15) is 9.59 Å². The van der Waals surface area contributed by atoms with E-state index in [1.165, 1.54) is 18.9 Å². The van der Waals surface area contributed by atoms with Crippen LogP contribution in [0.4, 0.5) is 28.8 Å². The van der Waals surface area contributed by atoms with E-state index in [2.05, 4.69) is 46.3 Å². The number of aromatic nitrogens is 6. The Balaban J connectivity index is 0.000000202. The van der Waals surface area contributed by atoms with Crippen molar-refractivity contribution in [3.63, 3.8) is 0 Å². The van der Waals surface area contributed by atoms with Crippen LogP contribution in [0.25, 0.3) is 0 Å². The van der Waals surface area contributed by atoms with Crippen LogP contribution in [0.5, 0.6) is 0 Å². The second-order valence-electron chi connectivity index (χ2n) is 12.9. The summed E-state index contributed by atoms with van der Waals surface area (Å²) < 4.78 is 0. The van der Waals surface area contributed by atoms with E-state index in [1.807, 2.05) is 44.2 Å². The van der Waals surface area contributed by atoms with Crippen molar-refractivity contribution >= 4 is 52.2 Å². The minimum absolute atomic E-state index is 0.0214. The van der Waals surface area contributed by atoms with E-state index in [0.717, 1.165) is 62.8 Å². The van der Waals surface area contributed by atoms with Crippen molar-refractivity contribution in [2.75, 3.05) is 16.0 Å². The van der Waals surface area contributed by atoms with Crippen LogP contribution >= 0.6 is 11.6 Å². The monoisotopic (exact) mass is 746 g/mol. The maximum Gasteiger partial charge on any atom is 0.271 e. The van der Waals surface area contributed by atoms with Crippen LogP contribution in [0.3, 0.4) is 0 Å². The number of primary amides is 2. The molecule has 0 spiro atoms. The van der Waals surface area contributed by atoms with Crippen molar-refractivity contribution in [1.82, 2.24) is 30.4 Å². The van der Waals surface area contributed by atoms with Crippen LogP contribution in [0.2, 0.25) is 5.15 Å². The Bertz CT molecular complexity index is 1800.